The smallest absolute Gasteiger partial charge is 0.271 e. The molecule has 5 aromatic heterocycles. The Morgan fingerprint density at radius 1 is 0.343 bits per heavy atom. The van der Waals surface area contributed by atoms with E-state index in [9.17, 15) is 28.4 Å². The number of hydrogen-bond acceptors (Lipinski definition) is 16. The van der Waals surface area contributed by atoms with Crippen molar-refractivity contribution in [3.8, 4) is 61.6 Å². The average molecular weight is 1810 g/mol. The molecule has 23 heteroatoms. The third-order valence-electron chi connectivity index (χ3n) is 27.4. The van der Waals surface area contributed by atoms with Crippen molar-refractivity contribution < 1.29 is 33.1 Å². The lowest BCUT2D eigenvalue weighted by atomic mass is 9.92. The monoisotopic (exact) mass is 1810 g/mol. The Hall–Kier alpha value is -13.7. The van der Waals surface area contributed by atoms with Gasteiger partial charge in [0.05, 0.1) is 97.8 Å². The number of aryl methyl sites for hydroxylation is 3. The number of rotatable bonds is 21. The third kappa shape index (κ3) is 20.3. The first kappa shape index (κ1) is 93.5. The number of ether oxygens (including phenoxy) is 1. The minimum atomic E-state index is -0.274. The van der Waals surface area contributed by atoms with E-state index in [4.69, 9.17) is 16.3 Å². The van der Waals surface area contributed by atoms with Crippen LogP contribution in [0.25, 0.3) is 55.9 Å². The molecule has 0 unspecified atom stereocenters. The Bertz CT molecular complexity index is 6830. The number of carbonyl (C=O) groups excluding carboxylic acids is 5. The highest BCUT2D eigenvalue weighted by Gasteiger charge is 2.32. The zero-order valence-corrected chi connectivity index (χ0v) is 80.4. The van der Waals surface area contributed by atoms with E-state index in [-0.39, 0.29) is 35.4 Å². The maximum Gasteiger partial charge on any atom is 0.271 e. The molecular weight excluding hydrogens is 1690 g/mol. The van der Waals surface area contributed by atoms with Crippen molar-refractivity contribution in [2.24, 2.45) is 25.0 Å². The number of methoxy groups -OCH3 is 1. The first-order chi connectivity index (χ1) is 64.4. The van der Waals surface area contributed by atoms with Crippen molar-refractivity contribution in [3.63, 3.8) is 0 Å². The molecule has 0 amide bonds. The molecule has 0 aliphatic carbocycles. The summed E-state index contributed by atoms with van der Waals surface area (Å²) < 4.78 is 26.2. The Balaban J connectivity index is 0.000000122. The topological polar surface area (TPSA) is 245 Å². The second-order valence-electron chi connectivity index (χ2n) is 36.6. The number of nitrogens with zero attached hydrogens (tertiary/aromatic N) is 15. The van der Waals surface area contributed by atoms with Crippen LogP contribution in [0.15, 0.2) is 273 Å². The van der Waals surface area contributed by atoms with Crippen LogP contribution in [0.4, 0.5) is 4.39 Å². The number of halogens is 2. The van der Waals surface area contributed by atoms with Crippen LogP contribution >= 0.6 is 11.6 Å². The molecule has 134 heavy (non-hydrogen) atoms. The minimum absolute atomic E-state index is 0.0308. The molecule has 0 fully saturated rings. The highest BCUT2D eigenvalue weighted by atomic mass is 35.5. The summed E-state index contributed by atoms with van der Waals surface area (Å²) in [5.74, 6) is 0.206. The minimum Gasteiger partial charge on any atom is -0.497 e. The van der Waals surface area contributed by atoms with Crippen LogP contribution in [0.1, 0.15) is 214 Å². The SMILES string of the molecule is CC1=NCC(C)=C1CCC1=CC(=O)n2nc(-c3ccccc3C)c(C)c2C1.CC1=NCC(C)=C1CCC1=CC(=O)n2nc(C)c(-c3ccc(Cl)cc3)c2C1.CC1=NCC(C)=C1CCC1=CC(=O)n2ncc(-c3ccc(C)cc3)c2C1.CC1=NCC(C)=C1CCC1=CC(=O)n2ncc(-c3ccc(F)cc3)c2C1.COc1cccc(-c2nn3c(c2C)CC(CCC2=C(C)CN=C2C)=CC3=O)c1. The number of fused-ring (bicyclic) bond motifs is 5. The van der Waals surface area contributed by atoms with Gasteiger partial charge in [0.2, 0.25) is 0 Å². The van der Waals surface area contributed by atoms with Gasteiger partial charge in [-0.15, -0.1) is 0 Å². The molecule has 15 heterocycles. The number of aromatic nitrogens is 10. The molecule has 0 radical (unpaired) electrons. The Morgan fingerprint density at radius 3 is 1.08 bits per heavy atom. The fourth-order valence-corrected chi connectivity index (χ4v) is 19.7. The molecule has 10 aliphatic heterocycles. The summed E-state index contributed by atoms with van der Waals surface area (Å²) in [5, 5.41) is 23.0. The van der Waals surface area contributed by atoms with Crippen LogP contribution in [-0.4, -0.2) is 147 Å². The standard InChI is InChI=1S/C23H25N3O2.C23H25N3O.C22H22ClN3O.C22H23N3O.C21H20FN3O/c1-14-13-24-16(3)20(14)9-8-17-10-21-15(2)23(25-26(21)22(27)11-17)18-6-5-7-19(12-18)28-4;1-14-7-5-6-8-20(14)23-16(3)21-11-18(12-22(27)26(21)25-23)9-10-19-15(2)13-24-17(19)4;1-13-12-24-14(2)19(13)9-4-16-10-20-22(17-5-7-18(23)8-6-17)15(3)25-26(20)21(27)11-16;1-14-4-7-18(8-5-14)20-13-24-25-21(20)10-17(11-22(25)26)6-9-19-15(2)12-23-16(19)3;1-13-11-23-14(2)18(13)8-3-15-9-20-19(12-24-25(20)21(26)10-15)16-4-6-17(22)7-5-16/h5-7,11-12H,8-10,13H2,1-4H3;5-8,12H,9-11,13H2,1-4H3;5-8,11H,4,9-10,12H2,1-3H3;4-5,7-8,11,13H,6,9-10,12H2,1-3H3;4-7,10,12H,3,8-9,11H2,1-2H3. The van der Waals surface area contributed by atoms with Crippen molar-refractivity contribution in [3.05, 3.63) is 315 Å². The van der Waals surface area contributed by atoms with E-state index in [2.05, 4.69) is 170 Å². The molecular formula is C111H115ClFN15O6. The summed E-state index contributed by atoms with van der Waals surface area (Å²) in [6, 6.07) is 38.4. The second kappa shape index (κ2) is 40.4. The van der Waals surface area contributed by atoms with Gasteiger partial charge >= 0.3 is 0 Å². The lowest BCUT2D eigenvalue weighted by Gasteiger charge is -2.16. The van der Waals surface area contributed by atoms with Crippen molar-refractivity contribution in [1.29, 1.82) is 0 Å². The molecule has 0 saturated carbocycles. The maximum absolute atomic E-state index is 13.2. The highest BCUT2D eigenvalue weighted by molar-refractivity contribution is 6.30. The van der Waals surface area contributed by atoms with Crippen LogP contribution in [0.2, 0.25) is 5.02 Å². The summed E-state index contributed by atoms with van der Waals surface area (Å²) in [6.07, 6.45) is 25.1. The number of aliphatic imine (C=N–C) groups is 5. The first-order valence-electron chi connectivity index (χ1n) is 46.3. The predicted octanol–water partition coefficient (Wildman–Crippen LogP) is 23.6. The molecule has 0 atom stereocenters. The van der Waals surface area contributed by atoms with E-state index in [1.165, 1.54) is 94.8 Å². The van der Waals surface area contributed by atoms with E-state index in [1.54, 1.807) is 74.5 Å². The molecule has 5 aromatic carbocycles. The van der Waals surface area contributed by atoms with Gasteiger partial charge in [0.15, 0.2) is 0 Å². The third-order valence-corrected chi connectivity index (χ3v) is 27.7. The average Bonchev–Trinajstić information content (AvgIpc) is 1.65. The van der Waals surface area contributed by atoms with Crippen LogP contribution in [0.5, 0.6) is 5.75 Å². The van der Waals surface area contributed by atoms with Crippen molar-refractivity contribution in [1.82, 2.24) is 48.9 Å². The van der Waals surface area contributed by atoms with Crippen molar-refractivity contribution >= 4 is 69.7 Å². The van der Waals surface area contributed by atoms with Crippen LogP contribution in [0.3, 0.4) is 0 Å². The summed E-state index contributed by atoms with van der Waals surface area (Å²) in [7, 11) is 1.65. The second-order valence-corrected chi connectivity index (χ2v) is 37.1. The lowest BCUT2D eigenvalue weighted by Crippen LogP contribution is -2.19. The molecule has 684 valence electrons. The number of carbonyl (C=O) groups is 5. The number of benzene rings is 5. The van der Waals surface area contributed by atoms with Gasteiger partial charge in [-0.2, -0.15) is 25.5 Å². The van der Waals surface area contributed by atoms with Gasteiger partial charge in [0.25, 0.3) is 29.5 Å². The van der Waals surface area contributed by atoms with Gasteiger partial charge in [-0.1, -0.05) is 130 Å². The highest BCUT2D eigenvalue weighted by Crippen LogP contribution is 2.40. The number of allylic oxidation sites excluding steroid dienone is 15. The van der Waals surface area contributed by atoms with Gasteiger partial charge in [-0.05, 0) is 294 Å². The van der Waals surface area contributed by atoms with Crippen molar-refractivity contribution in [2.45, 2.75) is 200 Å². The maximum atomic E-state index is 13.2. The van der Waals surface area contributed by atoms with E-state index in [0.717, 1.165) is 275 Å². The summed E-state index contributed by atoms with van der Waals surface area (Å²) in [5.41, 5.74) is 45.1. The van der Waals surface area contributed by atoms with Gasteiger partial charge in [-0.25, -0.2) is 27.8 Å². The summed E-state index contributed by atoms with van der Waals surface area (Å²) >= 11 is 6.03. The predicted molar refractivity (Wildman–Crippen MR) is 535 cm³/mol. The molecule has 20 rings (SSSR count). The fourth-order valence-electron chi connectivity index (χ4n) is 19.6. The van der Waals surface area contributed by atoms with E-state index in [0.29, 0.717) is 11.4 Å². The Morgan fingerprint density at radius 2 is 0.694 bits per heavy atom. The molecule has 0 saturated heterocycles. The van der Waals surface area contributed by atoms with Crippen LogP contribution in [0, 0.1) is 40.4 Å². The molecule has 21 nitrogen and oxygen atoms in total. The van der Waals surface area contributed by atoms with E-state index < -0.39 is 0 Å². The molecule has 0 N–H and O–H groups in total. The number of hydrogen-bond donors (Lipinski definition) is 0. The molecule has 0 bridgehead atoms. The normalized spacial score (nSPS) is 16.5. The Kier molecular flexibility index (Phi) is 28.2. The zero-order chi connectivity index (χ0) is 94.6. The van der Waals surface area contributed by atoms with E-state index in [1.807, 2.05) is 87.6 Å². The quantitative estimate of drug-likeness (QED) is 0.0654. The summed E-state index contributed by atoms with van der Waals surface area (Å²) in [4.78, 5) is 85.5. The lowest BCUT2D eigenvalue weighted by molar-refractivity contribution is 0.0937. The van der Waals surface area contributed by atoms with Crippen LogP contribution in [-0.2, 0) is 32.1 Å². The first-order valence-corrected chi connectivity index (χ1v) is 46.7. The van der Waals surface area contributed by atoms with Crippen molar-refractivity contribution in [2.75, 3.05) is 39.8 Å². The zero-order valence-electron chi connectivity index (χ0n) is 79.6. The fraction of sp³-hybridized carbons (Fsp3) is 0.324. The van der Waals surface area contributed by atoms with Gasteiger partial charge in [-0.3, -0.25) is 48.9 Å². The molecule has 0 spiro atoms. The molecule has 10 aliphatic rings. The molecule has 10 aromatic rings. The van der Waals surface area contributed by atoms with Gasteiger partial charge < -0.3 is 4.74 Å². The van der Waals surface area contributed by atoms with Gasteiger partial charge in [0, 0.05) is 124 Å². The van der Waals surface area contributed by atoms with E-state index >= 15 is 0 Å². The largest absolute Gasteiger partial charge is 0.497 e. The van der Waals surface area contributed by atoms with Gasteiger partial charge in [0.1, 0.15) is 11.6 Å². The summed E-state index contributed by atoms with van der Waals surface area (Å²) in [6.45, 7) is 35.4. The Labute approximate surface area is 788 Å². The van der Waals surface area contributed by atoms with Crippen LogP contribution < -0.4 is 4.74 Å².